The van der Waals surface area contributed by atoms with Crippen LogP contribution >= 0.6 is 0 Å². The first-order valence-corrected chi connectivity index (χ1v) is 10.0. The maximum atomic E-state index is 13.3. The molecular weight excluding hydrogens is 384 g/mol. The predicted molar refractivity (Wildman–Crippen MR) is 112 cm³/mol. The van der Waals surface area contributed by atoms with Gasteiger partial charge in [-0.2, -0.15) is 0 Å². The van der Waals surface area contributed by atoms with Gasteiger partial charge >= 0.3 is 0 Å². The molecule has 0 saturated carbocycles. The number of likely N-dealkylation sites (tertiary alicyclic amines) is 1. The van der Waals surface area contributed by atoms with Crippen molar-refractivity contribution in [3.05, 3.63) is 66.5 Å². The van der Waals surface area contributed by atoms with E-state index in [0.717, 1.165) is 43.7 Å². The van der Waals surface area contributed by atoms with Crippen LogP contribution in [0.4, 0.5) is 5.69 Å². The molecule has 0 atom stereocenters. The zero-order valence-corrected chi connectivity index (χ0v) is 17.2. The van der Waals surface area contributed by atoms with Gasteiger partial charge in [0.2, 0.25) is 0 Å². The summed E-state index contributed by atoms with van der Waals surface area (Å²) in [7, 11) is 3.19. The summed E-state index contributed by atoms with van der Waals surface area (Å²) >= 11 is 0. The molecule has 1 aromatic carbocycles. The summed E-state index contributed by atoms with van der Waals surface area (Å²) in [5, 5.41) is 0. The fourth-order valence-corrected chi connectivity index (χ4v) is 3.96. The Bertz CT molecular complexity index is 944. The zero-order chi connectivity index (χ0) is 20.9. The van der Waals surface area contributed by atoms with Gasteiger partial charge in [0.15, 0.2) is 17.3 Å². The van der Waals surface area contributed by atoms with Crippen LogP contribution in [-0.2, 0) is 6.54 Å². The van der Waals surface area contributed by atoms with E-state index < -0.39 is 0 Å². The first kappa shape index (κ1) is 20.1. The molecule has 1 amide bonds. The van der Waals surface area contributed by atoms with Gasteiger partial charge in [0.05, 0.1) is 33.0 Å². The topological polar surface area (TPSA) is 68.3 Å². The van der Waals surface area contributed by atoms with Gasteiger partial charge in [-0.3, -0.25) is 9.69 Å². The number of hydrogen-bond acceptors (Lipinski definition) is 6. The largest absolute Gasteiger partial charge is 0.493 e. The number of nitrogens with zero attached hydrogens (tertiary/aromatic N) is 2. The molecule has 7 heteroatoms. The maximum absolute atomic E-state index is 13.3. The van der Waals surface area contributed by atoms with Crippen molar-refractivity contribution >= 4 is 11.6 Å². The molecule has 4 rings (SSSR count). The van der Waals surface area contributed by atoms with Gasteiger partial charge in [-0.15, -0.1) is 0 Å². The van der Waals surface area contributed by atoms with E-state index in [4.69, 9.17) is 18.3 Å². The van der Waals surface area contributed by atoms with Gasteiger partial charge in [0.1, 0.15) is 0 Å². The number of anilines is 1. The lowest BCUT2D eigenvalue weighted by molar-refractivity contribution is 0.0931. The predicted octanol–water partition coefficient (Wildman–Crippen LogP) is 4.20. The first-order chi connectivity index (χ1) is 14.7. The molecule has 0 spiro atoms. The molecule has 0 radical (unpaired) electrons. The van der Waals surface area contributed by atoms with Crippen LogP contribution in [0.15, 0.2) is 64.0 Å². The van der Waals surface area contributed by atoms with E-state index >= 15 is 0 Å². The number of hydrogen-bond donors (Lipinski definition) is 0. The minimum absolute atomic E-state index is 0.0568. The molecule has 158 valence electrons. The van der Waals surface area contributed by atoms with Crippen LogP contribution in [0.5, 0.6) is 11.5 Å². The Hall–Kier alpha value is -3.19. The van der Waals surface area contributed by atoms with Crippen molar-refractivity contribution in [2.75, 3.05) is 32.2 Å². The molecule has 30 heavy (non-hydrogen) atoms. The SMILES string of the molecule is COc1ccc(N(C(=O)c2ccco2)C2CCN(Cc3ccoc3)CC2)cc1OC. The summed E-state index contributed by atoms with van der Waals surface area (Å²) in [6, 6.07) is 11.0. The summed E-state index contributed by atoms with van der Waals surface area (Å²) in [5.74, 6) is 1.39. The Morgan fingerprint density at radius 2 is 1.90 bits per heavy atom. The van der Waals surface area contributed by atoms with Gasteiger partial charge in [0.25, 0.3) is 5.91 Å². The fraction of sp³-hybridized carbons (Fsp3) is 0.348. The average molecular weight is 410 g/mol. The molecular formula is C23H26N2O5. The summed E-state index contributed by atoms with van der Waals surface area (Å²) in [4.78, 5) is 17.5. The molecule has 0 aliphatic carbocycles. The van der Waals surface area contributed by atoms with Crippen molar-refractivity contribution in [3.8, 4) is 11.5 Å². The van der Waals surface area contributed by atoms with Crippen LogP contribution in [0, 0.1) is 0 Å². The van der Waals surface area contributed by atoms with Gasteiger partial charge in [0, 0.05) is 43.0 Å². The van der Waals surface area contributed by atoms with Crippen LogP contribution in [0.25, 0.3) is 0 Å². The van der Waals surface area contributed by atoms with Crippen molar-refractivity contribution < 1.29 is 23.1 Å². The second-order valence-electron chi connectivity index (χ2n) is 7.33. The number of ether oxygens (including phenoxy) is 2. The van der Waals surface area contributed by atoms with E-state index in [1.165, 1.54) is 6.26 Å². The quantitative estimate of drug-likeness (QED) is 0.582. The van der Waals surface area contributed by atoms with E-state index in [2.05, 4.69) is 4.90 Å². The third kappa shape index (κ3) is 4.21. The number of piperidine rings is 1. The van der Waals surface area contributed by atoms with Crippen LogP contribution < -0.4 is 14.4 Å². The highest BCUT2D eigenvalue weighted by Gasteiger charge is 2.31. The number of amides is 1. The van der Waals surface area contributed by atoms with Crippen molar-refractivity contribution in [1.82, 2.24) is 4.90 Å². The molecule has 0 N–H and O–H groups in total. The molecule has 1 saturated heterocycles. The molecule has 1 fully saturated rings. The molecule has 3 aromatic rings. The van der Waals surface area contributed by atoms with Gasteiger partial charge < -0.3 is 23.2 Å². The number of rotatable bonds is 7. The minimum Gasteiger partial charge on any atom is -0.493 e. The third-order valence-electron chi connectivity index (χ3n) is 5.50. The summed E-state index contributed by atoms with van der Waals surface area (Å²) < 4.78 is 21.4. The summed E-state index contributed by atoms with van der Waals surface area (Å²) in [5.41, 5.74) is 1.93. The Morgan fingerprint density at radius 3 is 2.53 bits per heavy atom. The molecule has 0 bridgehead atoms. The maximum Gasteiger partial charge on any atom is 0.294 e. The highest BCUT2D eigenvalue weighted by molar-refractivity contribution is 6.04. The molecule has 1 aliphatic rings. The average Bonchev–Trinajstić information content (AvgIpc) is 3.49. The number of carbonyl (C=O) groups excluding carboxylic acids is 1. The van der Waals surface area contributed by atoms with Crippen LogP contribution in [0.3, 0.4) is 0 Å². The standard InChI is InChI=1S/C23H26N2O5/c1-27-20-6-5-19(14-22(20)28-2)25(23(26)21-4-3-12-30-21)18-7-10-24(11-8-18)15-17-9-13-29-16-17/h3-6,9,12-14,16,18H,7-8,10-11,15H2,1-2H3. The molecule has 0 unspecified atom stereocenters. The molecule has 2 aromatic heterocycles. The zero-order valence-electron chi connectivity index (χ0n) is 17.2. The monoisotopic (exact) mass is 410 g/mol. The number of benzene rings is 1. The molecule has 3 heterocycles. The van der Waals surface area contributed by atoms with E-state index in [0.29, 0.717) is 17.3 Å². The smallest absolute Gasteiger partial charge is 0.294 e. The summed E-state index contributed by atoms with van der Waals surface area (Å²) in [6.07, 6.45) is 6.72. The highest BCUT2D eigenvalue weighted by Crippen LogP contribution is 2.34. The van der Waals surface area contributed by atoms with Gasteiger partial charge in [-0.25, -0.2) is 0 Å². The van der Waals surface area contributed by atoms with Gasteiger partial charge in [-0.05, 0) is 43.2 Å². The first-order valence-electron chi connectivity index (χ1n) is 10.0. The van der Waals surface area contributed by atoms with Crippen molar-refractivity contribution in [1.29, 1.82) is 0 Å². The minimum atomic E-state index is -0.152. The van der Waals surface area contributed by atoms with E-state index in [1.807, 2.05) is 29.2 Å². The van der Waals surface area contributed by atoms with Crippen molar-refractivity contribution in [3.63, 3.8) is 0 Å². The van der Waals surface area contributed by atoms with Crippen LogP contribution in [0.2, 0.25) is 0 Å². The fourth-order valence-electron chi connectivity index (χ4n) is 3.96. The Labute approximate surface area is 175 Å². The molecule has 7 nitrogen and oxygen atoms in total. The van der Waals surface area contributed by atoms with E-state index in [1.54, 1.807) is 38.9 Å². The Kier molecular flexibility index (Phi) is 6.09. The second-order valence-corrected chi connectivity index (χ2v) is 7.33. The summed E-state index contributed by atoms with van der Waals surface area (Å²) in [6.45, 7) is 2.64. The van der Waals surface area contributed by atoms with E-state index in [9.17, 15) is 4.79 Å². The Balaban J connectivity index is 1.56. The van der Waals surface area contributed by atoms with Crippen LogP contribution in [-0.4, -0.2) is 44.2 Å². The third-order valence-corrected chi connectivity index (χ3v) is 5.50. The number of methoxy groups -OCH3 is 2. The number of furan rings is 2. The van der Waals surface area contributed by atoms with E-state index in [-0.39, 0.29) is 11.9 Å². The van der Waals surface area contributed by atoms with Gasteiger partial charge in [-0.1, -0.05) is 0 Å². The molecule has 1 aliphatic heterocycles. The lowest BCUT2D eigenvalue weighted by Crippen LogP contribution is -2.47. The Morgan fingerprint density at radius 1 is 1.10 bits per heavy atom. The van der Waals surface area contributed by atoms with Crippen LogP contribution in [0.1, 0.15) is 29.0 Å². The lowest BCUT2D eigenvalue weighted by Gasteiger charge is -2.38. The van der Waals surface area contributed by atoms with Crippen molar-refractivity contribution in [2.24, 2.45) is 0 Å². The number of carbonyl (C=O) groups is 1. The van der Waals surface area contributed by atoms with Crippen molar-refractivity contribution in [2.45, 2.75) is 25.4 Å². The normalized spacial score (nSPS) is 15.1. The lowest BCUT2D eigenvalue weighted by atomic mass is 10.0. The highest BCUT2D eigenvalue weighted by atomic mass is 16.5. The second kappa shape index (κ2) is 9.09.